The molecule has 25 heavy (non-hydrogen) atoms. The number of carbonyl (C=O) groups is 1. The fraction of sp³-hybridized carbons (Fsp3) is 0.444. The van der Waals surface area contributed by atoms with Gasteiger partial charge in [-0.3, -0.25) is 13.9 Å². The molecule has 136 valence electrons. The van der Waals surface area contributed by atoms with Crippen LogP contribution in [0.4, 0.5) is 0 Å². The van der Waals surface area contributed by atoms with Crippen molar-refractivity contribution in [1.29, 1.82) is 0 Å². The molecule has 0 aliphatic heterocycles. The molecule has 0 radical (unpaired) electrons. The molecule has 0 amide bonds. The molecule has 0 fully saturated rings. The summed E-state index contributed by atoms with van der Waals surface area (Å²) >= 11 is 4.32. The van der Waals surface area contributed by atoms with Crippen LogP contribution in [0.2, 0.25) is 0 Å². The first-order valence-electron chi connectivity index (χ1n) is 8.08. The topological polar surface area (TPSA) is 73.5 Å². The molecule has 7 heteroatoms. The van der Waals surface area contributed by atoms with Gasteiger partial charge in [-0.2, -0.15) is 12.6 Å². The molecule has 0 aliphatic rings. The van der Waals surface area contributed by atoms with E-state index in [1.807, 2.05) is 30.3 Å². The lowest BCUT2D eigenvalue weighted by Crippen LogP contribution is -2.33. The molecule has 0 saturated heterocycles. The Bertz CT molecular complexity index is 775. The summed E-state index contributed by atoms with van der Waals surface area (Å²) in [5, 5.41) is 10.2. The maximum Gasteiger partial charge on any atom is 0.331 e. The molecule has 1 aromatic heterocycles. The van der Waals surface area contributed by atoms with Gasteiger partial charge in [0.25, 0.3) is 0 Å². The third-order valence-electron chi connectivity index (χ3n) is 3.58. The zero-order valence-corrected chi connectivity index (χ0v) is 15.6. The maximum atomic E-state index is 12.6. The predicted octanol–water partition coefficient (Wildman–Crippen LogP) is 2.41. The number of aromatic nitrogens is 2. The van der Waals surface area contributed by atoms with Crippen molar-refractivity contribution in [3.63, 3.8) is 0 Å². The van der Waals surface area contributed by atoms with Crippen LogP contribution in [-0.2, 0) is 22.5 Å². The smallest absolute Gasteiger partial charge is 0.331 e. The highest BCUT2D eigenvalue weighted by molar-refractivity contribution is 7.80. The molecule has 1 atom stereocenters. The van der Waals surface area contributed by atoms with Gasteiger partial charge in [0.2, 0.25) is 5.88 Å². The number of hydrogen-bond donors (Lipinski definition) is 2. The van der Waals surface area contributed by atoms with E-state index in [0.29, 0.717) is 12.2 Å². The van der Waals surface area contributed by atoms with Crippen LogP contribution in [0.3, 0.4) is 0 Å². The van der Waals surface area contributed by atoms with Gasteiger partial charge in [-0.15, -0.1) is 0 Å². The van der Waals surface area contributed by atoms with Crippen LogP contribution in [-0.4, -0.2) is 31.6 Å². The monoisotopic (exact) mass is 364 g/mol. The predicted molar refractivity (Wildman–Crippen MR) is 99.2 cm³/mol. The zero-order valence-electron chi connectivity index (χ0n) is 14.7. The van der Waals surface area contributed by atoms with Gasteiger partial charge >= 0.3 is 11.7 Å². The summed E-state index contributed by atoms with van der Waals surface area (Å²) in [6.45, 7) is 5.02. The SMILES string of the molecule is CC(C)(C)OC(=O)Cn1cc(O)n(C(CS)Cc2ccccc2)c1=O. The highest BCUT2D eigenvalue weighted by Gasteiger charge is 2.22. The van der Waals surface area contributed by atoms with Crippen LogP contribution in [0.1, 0.15) is 32.4 Å². The Morgan fingerprint density at radius 2 is 1.92 bits per heavy atom. The summed E-state index contributed by atoms with van der Waals surface area (Å²) in [5.74, 6) is -0.348. The van der Waals surface area contributed by atoms with Gasteiger partial charge in [0.15, 0.2) is 0 Å². The summed E-state index contributed by atoms with van der Waals surface area (Å²) in [5.41, 5.74) is -0.0576. The van der Waals surface area contributed by atoms with Gasteiger partial charge in [0.05, 0.1) is 12.2 Å². The minimum atomic E-state index is -0.633. The molecular formula is C18H24N2O4S. The molecule has 0 bridgehead atoms. The molecular weight excluding hydrogens is 340 g/mol. The van der Waals surface area contributed by atoms with E-state index in [1.165, 1.54) is 10.8 Å². The van der Waals surface area contributed by atoms with Gasteiger partial charge in [0.1, 0.15) is 12.1 Å². The van der Waals surface area contributed by atoms with Gasteiger partial charge < -0.3 is 9.84 Å². The Balaban J connectivity index is 2.22. The van der Waals surface area contributed by atoms with Gasteiger partial charge in [-0.05, 0) is 32.8 Å². The molecule has 1 heterocycles. The Hall–Kier alpha value is -2.15. The Labute approximate surface area is 152 Å². The van der Waals surface area contributed by atoms with E-state index < -0.39 is 17.3 Å². The van der Waals surface area contributed by atoms with E-state index >= 15 is 0 Å². The van der Waals surface area contributed by atoms with Crippen molar-refractivity contribution in [2.45, 2.75) is 45.4 Å². The van der Waals surface area contributed by atoms with E-state index in [-0.39, 0.29) is 18.5 Å². The van der Waals surface area contributed by atoms with E-state index in [9.17, 15) is 14.7 Å². The third kappa shape index (κ3) is 5.16. The van der Waals surface area contributed by atoms with Gasteiger partial charge in [-0.25, -0.2) is 4.79 Å². The van der Waals surface area contributed by atoms with Crippen molar-refractivity contribution >= 4 is 18.6 Å². The number of carbonyl (C=O) groups excluding carboxylic acids is 1. The van der Waals surface area contributed by atoms with Crippen molar-refractivity contribution in [2.75, 3.05) is 5.75 Å². The first-order valence-corrected chi connectivity index (χ1v) is 8.72. The molecule has 0 saturated carbocycles. The summed E-state index contributed by atoms with van der Waals surface area (Å²) < 4.78 is 7.65. The molecule has 1 aromatic carbocycles. The van der Waals surface area contributed by atoms with E-state index in [0.717, 1.165) is 10.1 Å². The van der Waals surface area contributed by atoms with Crippen molar-refractivity contribution in [3.05, 3.63) is 52.6 Å². The second kappa shape index (κ2) is 7.82. The standard InChI is InChI=1S/C18H24N2O4S/c1-18(2,3)24-16(22)11-19-10-15(21)20(17(19)23)14(12-25)9-13-7-5-4-6-8-13/h4-8,10,14,21,25H,9,11-12H2,1-3H3. The van der Waals surface area contributed by atoms with Crippen LogP contribution >= 0.6 is 12.6 Å². The van der Waals surface area contributed by atoms with Crippen molar-refractivity contribution < 1.29 is 14.6 Å². The first kappa shape index (κ1) is 19.2. The Morgan fingerprint density at radius 3 is 2.48 bits per heavy atom. The van der Waals surface area contributed by atoms with Crippen molar-refractivity contribution in [3.8, 4) is 5.88 Å². The number of nitrogens with zero attached hydrogens (tertiary/aromatic N) is 2. The quantitative estimate of drug-likeness (QED) is 0.610. The summed E-state index contributed by atoms with van der Waals surface area (Å²) in [6, 6.07) is 9.34. The second-order valence-corrected chi connectivity index (χ2v) is 7.25. The average Bonchev–Trinajstić information content (AvgIpc) is 2.78. The average molecular weight is 364 g/mol. The number of benzene rings is 1. The lowest BCUT2D eigenvalue weighted by molar-refractivity contribution is -0.155. The zero-order chi connectivity index (χ0) is 18.6. The van der Waals surface area contributed by atoms with Gasteiger partial charge in [-0.1, -0.05) is 30.3 Å². The second-order valence-electron chi connectivity index (χ2n) is 6.88. The molecule has 1 N–H and O–H groups in total. The lowest BCUT2D eigenvalue weighted by Gasteiger charge is -2.19. The van der Waals surface area contributed by atoms with Crippen LogP contribution < -0.4 is 5.69 Å². The number of ether oxygens (including phenoxy) is 1. The normalized spacial score (nSPS) is 12.8. The van der Waals surface area contributed by atoms with E-state index in [2.05, 4.69) is 12.6 Å². The number of rotatable bonds is 6. The van der Waals surface area contributed by atoms with Crippen LogP contribution in [0, 0.1) is 0 Å². The maximum absolute atomic E-state index is 12.6. The summed E-state index contributed by atoms with van der Waals surface area (Å²) in [7, 11) is 0. The van der Waals surface area contributed by atoms with Crippen LogP contribution in [0.15, 0.2) is 41.3 Å². The lowest BCUT2D eigenvalue weighted by atomic mass is 10.1. The fourth-order valence-corrected chi connectivity index (χ4v) is 2.88. The number of esters is 1. The fourth-order valence-electron chi connectivity index (χ4n) is 2.59. The molecule has 2 aromatic rings. The Morgan fingerprint density at radius 1 is 1.28 bits per heavy atom. The molecule has 1 unspecified atom stereocenters. The summed E-state index contributed by atoms with van der Waals surface area (Å²) in [6.07, 6.45) is 1.81. The molecule has 0 aliphatic carbocycles. The third-order valence-corrected chi connectivity index (χ3v) is 4.00. The number of thiol groups is 1. The van der Waals surface area contributed by atoms with Crippen molar-refractivity contribution in [2.24, 2.45) is 0 Å². The number of aromatic hydroxyl groups is 1. The largest absolute Gasteiger partial charge is 0.493 e. The highest BCUT2D eigenvalue weighted by Crippen LogP contribution is 2.20. The Kier molecular flexibility index (Phi) is 6.00. The molecule has 6 nitrogen and oxygen atoms in total. The number of imidazole rings is 1. The summed E-state index contributed by atoms with van der Waals surface area (Å²) in [4.78, 5) is 24.5. The van der Waals surface area contributed by atoms with Crippen LogP contribution in [0.25, 0.3) is 0 Å². The molecule has 2 rings (SSSR count). The first-order chi connectivity index (χ1) is 11.7. The number of hydrogen-bond acceptors (Lipinski definition) is 5. The van der Waals surface area contributed by atoms with Crippen molar-refractivity contribution in [1.82, 2.24) is 9.13 Å². The van der Waals surface area contributed by atoms with Gasteiger partial charge in [0, 0.05) is 5.75 Å². The minimum absolute atomic E-state index is 0.191. The minimum Gasteiger partial charge on any atom is -0.493 e. The molecule has 0 spiro atoms. The van der Waals surface area contributed by atoms with E-state index in [1.54, 1.807) is 20.8 Å². The van der Waals surface area contributed by atoms with Crippen LogP contribution in [0.5, 0.6) is 5.88 Å². The highest BCUT2D eigenvalue weighted by atomic mass is 32.1. The van der Waals surface area contributed by atoms with E-state index in [4.69, 9.17) is 4.74 Å².